The maximum atomic E-state index is 12.1. The molecule has 0 radical (unpaired) electrons. The molecule has 2 N–H and O–H groups in total. The van der Waals surface area contributed by atoms with Gasteiger partial charge in [-0.2, -0.15) is 0 Å². The van der Waals surface area contributed by atoms with E-state index >= 15 is 0 Å². The molecule has 0 bridgehead atoms. The van der Waals surface area contributed by atoms with Gasteiger partial charge in [0.2, 0.25) is 0 Å². The Kier molecular flexibility index (Phi) is 9.07. The van der Waals surface area contributed by atoms with Crippen LogP contribution in [0, 0.1) is 0 Å². The molecule has 2 saturated heterocycles. The molecule has 2 aliphatic rings. The Balaban J connectivity index is 0.00000364. The van der Waals surface area contributed by atoms with E-state index in [1.54, 1.807) is 4.90 Å². The first kappa shape index (κ1) is 24.2. The number of hydrogen-bond donors (Lipinski definition) is 1. The number of hydrogen-bond acceptors (Lipinski definition) is 5. The summed E-state index contributed by atoms with van der Waals surface area (Å²) in [5.41, 5.74) is 5.69. The number of guanidine groups is 1. The Morgan fingerprint density at radius 3 is 2.04 bits per heavy atom. The van der Waals surface area contributed by atoms with Crippen LogP contribution in [0.2, 0.25) is 0 Å². The number of carbonyl (C=O) groups excluding carboxylic acids is 1. The molecule has 0 aromatic heterocycles. The minimum absolute atomic E-state index is 0. The number of rotatable bonds is 3. The Morgan fingerprint density at radius 2 is 1.52 bits per heavy atom. The normalized spacial score (nSPS) is 20.3. The van der Waals surface area contributed by atoms with Crippen molar-refractivity contribution in [2.24, 2.45) is 10.7 Å². The summed E-state index contributed by atoms with van der Waals surface area (Å²) < 4.78 is 10.8. The summed E-state index contributed by atoms with van der Waals surface area (Å²) in [4.78, 5) is 22.9. The summed E-state index contributed by atoms with van der Waals surface area (Å²) >= 11 is 0. The molecule has 0 spiro atoms. The molecule has 9 heteroatoms. The fourth-order valence-electron chi connectivity index (χ4n) is 3.09. The molecule has 0 saturated carbocycles. The number of nitrogens with zero attached hydrogens (tertiary/aromatic N) is 4. The first-order chi connectivity index (χ1) is 12.1. The molecule has 0 aliphatic carbocycles. The standard InChI is InChI=1S/C18H35N5O3.HI/c1-17(2,3)26-16(24)22-8-6-21(7-9-22)15(19)20-14-18(4,5)23-10-12-25-13-11-23;/h6-14H2,1-5H3,(H2,19,20);1H. The van der Waals surface area contributed by atoms with Gasteiger partial charge in [0.05, 0.1) is 19.8 Å². The summed E-state index contributed by atoms with van der Waals surface area (Å²) in [6.07, 6.45) is -0.263. The minimum atomic E-state index is -0.472. The lowest BCUT2D eigenvalue weighted by molar-refractivity contribution is -0.00692. The van der Waals surface area contributed by atoms with Crippen LogP contribution in [0.3, 0.4) is 0 Å². The second-order valence-corrected chi connectivity index (χ2v) is 8.54. The molecular weight excluding hydrogens is 461 g/mol. The SMILES string of the molecule is CC(C)(C)OC(=O)N1CCN(C(N)=NCC(C)(C)N2CCOCC2)CC1.I. The highest BCUT2D eigenvalue weighted by Crippen LogP contribution is 2.17. The number of morpholine rings is 1. The van der Waals surface area contributed by atoms with Gasteiger partial charge in [-0.15, -0.1) is 24.0 Å². The van der Waals surface area contributed by atoms with Crippen molar-refractivity contribution < 1.29 is 14.3 Å². The Bertz CT molecular complexity index is 508. The van der Waals surface area contributed by atoms with Crippen molar-refractivity contribution in [2.75, 3.05) is 59.0 Å². The number of aliphatic imine (C=N–C) groups is 1. The quantitative estimate of drug-likeness (QED) is 0.362. The van der Waals surface area contributed by atoms with Crippen molar-refractivity contribution in [2.45, 2.75) is 45.8 Å². The highest BCUT2D eigenvalue weighted by Gasteiger charge is 2.29. The predicted octanol–water partition coefficient (Wildman–Crippen LogP) is 1.58. The van der Waals surface area contributed by atoms with E-state index in [0.29, 0.717) is 38.7 Å². The van der Waals surface area contributed by atoms with E-state index in [4.69, 9.17) is 15.2 Å². The van der Waals surface area contributed by atoms with Crippen molar-refractivity contribution in [3.63, 3.8) is 0 Å². The van der Waals surface area contributed by atoms with Gasteiger partial charge in [0.15, 0.2) is 5.96 Å². The number of nitrogens with two attached hydrogens (primary N) is 1. The zero-order valence-electron chi connectivity index (χ0n) is 17.4. The molecule has 2 aliphatic heterocycles. The third-order valence-electron chi connectivity index (χ3n) is 4.75. The Hall–Kier alpha value is -0.810. The summed E-state index contributed by atoms with van der Waals surface area (Å²) in [5.74, 6) is 0.551. The van der Waals surface area contributed by atoms with Gasteiger partial charge in [0.25, 0.3) is 0 Å². The van der Waals surface area contributed by atoms with Crippen LogP contribution in [0.15, 0.2) is 4.99 Å². The van der Waals surface area contributed by atoms with E-state index < -0.39 is 5.60 Å². The van der Waals surface area contributed by atoms with Crippen molar-refractivity contribution in [1.82, 2.24) is 14.7 Å². The molecular formula is C18H36IN5O3. The molecule has 2 fully saturated rings. The van der Waals surface area contributed by atoms with Crippen molar-refractivity contribution in [3.8, 4) is 0 Å². The van der Waals surface area contributed by atoms with Crippen molar-refractivity contribution >= 4 is 36.0 Å². The Morgan fingerprint density at radius 1 is 1.00 bits per heavy atom. The molecule has 158 valence electrons. The first-order valence-electron chi connectivity index (χ1n) is 9.44. The van der Waals surface area contributed by atoms with Crippen LogP contribution in [0.5, 0.6) is 0 Å². The average Bonchev–Trinajstić information content (AvgIpc) is 2.59. The monoisotopic (exact) mass is 497 g/mol. The summed E-state index contributed by atoms with van der Waals surface area (Å²) in [5, 5.41) is 0. The van der Waals surface area contributed by atoms with Crippen molar-refractivity contribution in [3.05, 3.63) is 0 Å². The van der Waals surface area contributed by atoms with Gasteiger partial charge in [-0.25, -0.2) is 4.79 Å². The summed E-state index contributed by atoms with van der Waals surface area (Å²) in [7, 11) is 0. The lowest BCUT2D eigenvalue weighted by atomic mass is 10.0. The number of carbonyl (C=O) groups is 1. The van der Waals surface area contributed by atoms with Crippen LogP contribution in [0.1, 0.15) is 34.6 Å². The lowest BCUT2D eigenvalue weighted by Crippen LogP contribution is -2.54. The number of piperazine rings is 1. The highest BCUT2D eigenvalue weighted by molar-refractivity contribution is 14.0. The topological polar surface area (TPSA) is 83.6 Å². The molecule has 1 amide bonds. The molecule has 0 aromatic rings. The average molecular weight is 497 g/mol. The summed E-state index contributed by atoms with van der Waals surface area (Å²) in [6.45, 7) is 16.6. The van der Waals surface area contributed by atoms with E-state index in [0.717, 1.165) is 26.3 Å². The molecule has 27 heavy (non-hydrogen) atoms. The van der Waals surface area contributed by atoms with E-state index in [1.165, 1.54) is 0 Å². The maximum Gasteiger partial charge on any atom is 0.410 e. The van der Waals surface area contributed by atoms with Gasteiger partial charge in [-0.3, -0.25) is 9.89 Å². The third-order valence-corrected chi connectivity index (χ3v) is 4.75. The second kappa shape index (κ2) is 10.1. The molecule has 0 aromatic carbocycles. The zero-order valence-corrected chi connectivity index (χ0v) is 19.7. The minimum Gasteiger partial charge on any atom is -0.444 e. The van der Waals surface area contributed by atoms with Crippen LogP contribution in [0.4, 0.5) is 4.79 Å². The lowest BCUT2D eigenvalue weighted by Gasteiger charge is -2.40. The molecule has 0 atom stereocenters. The molecule has 2 heterocycles. The fraction of sp³-hybridized carbons (Fsp3) is 0.889. The molecule has 0 unspecified atom stereocenters. The van der Waals surface area contributed by atoms with E-state index in [1.807, 2.05) is 25.7 Å². The zero-order chi connectivity index (χ0) is 19.4. The number of amides is 1. The van der Waals surface area contributed by atoms with Crippen LogP contribution in [-0.2, 0) is 9.47 Å². The van der Waals surface area contributed by atoms with Crippen molar-refractivity contribution in [1.29, 1.82) is 0 Å². The molecule has 8 nitrogen and oxygen atoms in total. The largest absolute Gasteiger partial charge is 0.444 e. The highest BCUT2D eigenvalue weighted by atomic mass is 127. The van der Waals surface area contributed by atoms with Gasteiger partial charge < -0.3 is 25.0 Å². The number of ether oxygens (including phenoxy) is 2. The Labute approximate surface area is 180 Å². The van der Waals surface area contributed by atoms with Crippen LogP contribution in [0.25, 0.3) is 0 Å². The van der Waals surface area contributed by atoms with Gasteiger partial charge in [-0.1, -0.05) is 0 Å². The fourth-order valence-corrected chi connectivity index (χ4v) is 3.09. The third kappa shape index (κ3) is 7.61. The first-order valence-corrected chi connectivity index (χ1v) is 9.44. The van der Waals surface area contributed by atoms with E-state index in [9.17, 15) is 4.79 Å². The van der Waals surface area contributed by atoms with Crippen LogP contribution < -0.4 is 5.73 Å². The van der Waals surface area contributed by atoms with E-state index in [2.05, 4.69) is 23.7 Å². The predicted molar refractivity (Wildman–Crippen MR) is 118 cm³/mol. The van der Waals surface area contributed by atoms with Gasteiger partial charge in [0.1, 0.15) is 5.60 Å². The maximum absolute atomic E-state index is 12.1. The van der Waals surface area contributed by atoms with Gasteiger partial charge >= 0.3 is 6.09 Å². The van der Waals surface area contributed by atoms with Gasteiger partial charge in [0, 0.05) is 44.8 Å². The number of halogens is 1. The smallest absolute Gasteiger partial charge is 0.410 e. The van der Waals surface area contributed by atoms with Crippen LogP contribution >= 0.6 is 24.0 Å². The van der Waals surface area contributed by atoms with Crippen LogP contribution in [-0.4, -0.2) is 96.9 Å². The summed E-state index contributed by atoms with van der Waals surface area (Å²) in [6, 6.07) is 0. The van der Waals surface area contributed by atoms with Gasteiger partial charge in [-0.05, 0) is 34.6 Å². The second-order valence-electron chi connectivity index (χ2n) is 8.54. The van der Waals surface area contributed by atoms with E-state index in [-0.39, 0.29) is 35.6 Å². The molecule has 2 rings (SSSR count).